The van der Waals surface area contributed by atoms with Gasteiger partial charge in [-0.05, 0) is 25.2 Å². The Labute approximate surface area is 98.2 Å². The number of hydrogen-bond donors (Lipinski definition) is 1. The number of hydrogen-bond acceptors (Lipinski definition) is 2. The Morgan fingerprint density at radius 3 is 3.06 bits per heavy atom. The summed E-state index contributed by atoms with van der Waals surface area (Å²) in [6.07, 6.45) is 9.11. The second kappa shape index (κ2) is 8.34. The van der Waals surface area contributed by atoms with Gasteiger partial charge in [-0.1, -0.05) is 25.5 Å². The van der Waals surface area contributed by atoms with E-state index >= 15 is 0 Å². The van der Waals surface area contributed by atoms with Crippen molar-refractivity contribution < 1.29 is 9.53 Å². The van der Waals surface area contributed by atoms with Crippen LogP contribution in [0, 0.1) is 5.92 Å². The Bertz CT molecular complexity index is 220. The van der Waals surface area contributed by atoms with Crippen LogP contribution in [0.4, 0.5) is 0 Å². The number of nitrogens with one attached hydrogen (secondary N) is 1. The molecule has 1 rings (SSSR count). The maximum Gasteiger partial charge on any atom is 0.220 e. The number of carbonyl (C=O) groups excluding carboxylic acids is 1. The van der Waals surface area contributed by atoms with Crippen LogP contribution < -0.4 is 5.32 Å². The highest BCUT2D eigenvalue weighted by molar-refractivity contribution is 5.75. The lowest BCUT2D eigenvalue weighted by Gasteiger charge is -2.06. The van der Waals surface area contributed by atoms with Crippen molar-refractivity contribution in [2.45, 2.75) is 39.0 Å². The number of unbranched alkanes of at least 4 members (excludes halogenated alkanes) is 1. The highest BCUT2D eigenvalue weighted by atomic mass is 16.5. The van der Waals surface area contributed by atoms with Crippen LogP contribution in [0.2, 0.25) is 0 Å². The number of allylic oxidation sites excluding steroid dienone is 1. The molecule has 3 nitrogen and oxygen atoms in total. The third kappa shape index (κ3) is 5.91. The predicted molar refractivity (Wildman–Crippen MR) is 65.2 cm³/mol. The summed E-state index contributed by atoms with van der Waals surface area (Å²) < 4.78 is 5.27. The van der Waals surface area contributed by atoms with Gasteiger partial charge >= 0.3 is 0 Å². The lowest BCUT2D eigenvalue weighted by Crippen LogP contribution is -2.23. The fourth-order valence-electron chi connectivity index (χ4n) is 1.78. The third-order valence-corrected chi connectivity index (χ3v) is 2.84. The van der Waals surface area contributed by atoms with Gasteiger partial charge in [-0.15, -0.1) is 0 Å². The third-order valence-electron chi connectivity index (χ3n) is 2.84. The Morgan fingerprint density at radius 1 is 1.50 bits per heavy atom. The van der Waals surface area contributed by atoms with Gasteiger partial charge in [0.1, 0.15) is 0 Å². The lowest BCUT2D eigenvalue weighted by atomic mass is 10.0. The average molecular weight is 225 g/mol. The standard InChI is InChI=1S/C13H23NO2/c1-2-3-4-5-9-14-13(15)7-6-12-8-10-16-11-12/h4-5,12H,2-3,6-11H2,1H3,(H,14,15)/b5-4+. The summed E-state index contributed by atoms with van der Waals surface area (Å²) >= 11 is 0. The highest BCUT2D eigenvalue weighted by Gasteiger charge is 2.16. The van der Waals surface area contributed by atoms with Crippen LogP contribution in [0.25, 0.3) is 0 Å². The minimum absolute atomic E-state index is 0.160. The van der Waals surface area contributed by atoms with Gasteiger partial charge in [-0.3, -0.25) is 4.79 Å². The summed E-state index contributed by atoms with van der Waals surface area (Å²) in [4.78, 5) is 11.4. The molecule has 0 spiro atoms. The van der Waals surface area contributed by atoms with Crippen molar-refractivity contribution in [1.29, 1.82) is 0 Å². The largest absolute Gasteiger partial charge is 0.381 e. The van der Waals surface area contributed by atoms with E-state index in [0.29, 0.717) is 18.9 Å². The number of amides is 1. The van der Waals surface area contributed by atoms with Crippen LogP contribution in [0.3, 0.4) is 0 Å². The molecular formula is C13H23NO2. The van der Waals surface area contributed by atoms with E-state index in [0.717, 1.165) is 38.9 Å². The Hall–Kier alpha value is -0.830. The molecule has 1 saturated heterocycles. The van der Waals surface area contributed by atoms with Crippen LogP contribution in [-0.2, 0) is 9.53 Å². The maximum absolute atomic E-state index is 11.4. The molecule has 0 bridgehead atoms. The van der Waals surface area contributed by atoms with E-state index < -0.39 is 0 Å². The molecule has 1 atom stereocenters. The van der Waals surface area contributed by atoms with Gasteiger partial charge in [0.2, 0.25) is 5.91 Å². The molecule has 3 heteroatoms. The van der Waals surface area contributed by atoms with Crippen molar-refractivity contribution in [3.8, 4) is 0 Å². The Morgan fingerprint density at radius 2 is 2.38 bits per heavy atom. The van der Waals surface area contributed by atoms with Crippen LogP contribution in [0.1, 0.15) is 39.0 Å². The molecule has 1 amide bonds. The quantitative estimate of drug-likeness (QED) is 0.675. The van der Waals surface area contributed by atoms with Gasteiger partial charge < -0.3 is 10.1 Å². The van der Waals surface area contributed by atoms with Crippen LogP contribution >= 0.6 is 0 Å². The van der Waals surface area contributed by atoms with Gasteiger partial charge in [0, 0.05) is 26.2 Å². The fourth-order valence-corrected chi connectivity index (χ4v) is 1.78. The number of rotatable bonds is 7. The molecule has 0 aromatic heterocycles. The second-order valence-electron chi connectivity index (χ2n) is 4.33. The van der Waals surface area contributed by atoms with E-state index in [9.17, 15) is 4.79 Å². The van der Waals surface area contributed by atoms with E-state index in [4.69, 9.17) is 4.74 Å². The zero-order valence-electron chi connectivity index (χ0n) is 10.2. The molecule has 16 heavy (non-hydrogen) atoms. The molecule has 1 N–H and O–H groups in total. The van der Waals surface area contributed by atoms with Crippen molar-refractivity contribution in [1.82, 2.24) is 5.32 Å². The summed E-state index contributed by atoms with van der Waals surface area (Å²) in [6.45, 7) is 4.52. The zero-order chi connectivity index (χ0) is 11.6. The number of carbonyl (C=O) groups is 1. The first kappa shape index (κ1) is 13.2. The van der Waals surface area contributed by atoms with E-state index in [1.54, 1.807) is 0 Å². The molecule has 1 unspecified atom stereocenters. The fraction of sp³-hybridized carbons (Fsp3) is 0.769. The van der Waals surface area contributed by atoms with Crippen molar-refractivity contribution in [2.24, 2.45) is 5.92 Å². The van der Waals surface area contributed by atoms with Gasteiger partial charge in [-0.2, -0.15) is 0 Å². The summed E-state index contributed by atoms with van der Waals surface area (Å²) in [6, 6.07) is 0. The van der Waals surface area contributed by atoms with Crippen LogP contribution in [0.15, 0.2) is 12.2 Å². The monoisotopic (exact) mass is 225 g/mol. The van der Waals surface area contributed by atoms with Gasteiger partial charge in [0.15, 0.2) is 0 Å². The van der Waals surface area contributed by atoms with Crippen molar-refractivity contribution >= 4 is 5.91 Å². The van der Waals surface area contributed by atoms with E-state index in [1.807, 2.05) is 6.08 Å². The van der Waals surface area contributed by atoms with E-state index in [-0.39, 0.29) is 5.91 Å². The van der Waals surface area contributed by atoms with Crippen molar-refractivity contribution in [3.63, 3.8) is 0 Å². The number of ether oxygens (including phenoxy) is 1. The molecule has 0 saturated carbocycles. The summed E-state index contributed by atoms with van der Waals surface area (Å²) in [7, 11) is 0. The highest BCUT2D eigenvalue weighted by Crippen LogP contribution is 2.17. The smallest absolute Gasteiger partial charge is 0.220 e. The van der Waals surface area contributed by atoms with Gasteiger partial charge in [0.05, 0.1) is 0 Å². The first-order chi connectivity index (χ1) is 7.83. The zero-order valence-corrected chi connectivity index (χ0v) is 10.2. The molecule has 1 fully saturated rings. The molecular weight excluding hydrogens is 202 g/mol. The topological polar surface area (TPSA) is 38.3 Å². The molecule has 0 aromatic rings. The molecule has 1 heterocycles. The lowest BCUT2D eigenvalue weighted by molar-refractivity contribution is -0.121. The van der Waals surface area contributed by atoms with Crippen molar-refractivity contribution in [2.75, 3.05) is 19.8 Å². The molecule has 0 aromatic carbocycles. The van der Waals surface area contributed by atoms with Gasteiger partial charge in [0.25, 0.3) is 0 Å². The summed E-state index contributed by atoms with van der Waals surface area (Å²) in [5.41, 5.74) is 0. The predicted octanol–water partition coefficient (Wildman–Crippen LogP) is 2.28. The normalized spacial score (nSPS) is 20.4. The van der Waals surface area contributed by atoms with Gasteiger partial charge in [-0.25, -0.2) is 0 Å². The second-order valence-corrected chi connectivity index (χ2v) is 4.33. The molecule has 0 aliphatic carbocycles. The Balaban J connectivity index is 1.97. The van der Waals surface area contributed by atoms with E-state index in [2.05, 4.69) is 18.3 Å². The van der Waals surface area contributed by atoms with Crippen LogP contribution in [0.5, 0.6) is 0 Å². The molecule has 1 aliphatic heterocycles. The minimum Gasteiger partial charge on any atom is -0.381 e. The molecule has 0 radical (unpaired) electrons. The molecule has 92 valence electrons. The SMILES string of the molecule is CCC/C=C/CNC(=O)CCC1CCOC1. The van der Waals surface area contributed by atoms with Crippen LogP contribution in [-0.4, -0.2) is 25.7 Å². The average Bonchev–Trinajstić information content (AvgIpc) is 2.79. The first-order valence-corrected chi connectivity index (χ1v) is 6.32. The summed E-state index contributed by atoms with van der Waals surface area (Å²) in [5.74, 6) is 0.759. The Kier molecular flexibility index (Phi) is 6.90. The summed E-state index contributed by atoms with van der Waals surface area (Å²) in [5, 5.41) is 2.90. The van der Waals surface area contributed by atoms with E-state index in [1.165, 1.54) is 0 Å². The minimum atomic E-state index is 0.160. The maximum atomic E-state index is 11.4. The van der Waals surface area contributed by atoms with Crippen molar-refractivity contribution in [3.05, 3.63) is 12.2 Å². The first-order valence-electron chi connectivity index (χ1n) is 6.32. The molecule has 1 aliphatic rings.